The first kappa shape index (κ1) is 10.3. The van der Waals surface area contributed by atoms with Crippen molar-refractivity contribution < 1.29 is 14.6 Å². The molecule has 13 heavy (non-hydrogen) atoms. The second-order valence-electron chi connectivity index (χ2n) is 3.24. The first-order valence-corrected chi connectivity index (χ1v) is 4.83. The van der Waals surface area contributed by atoms with E-state index in [0.717, 1.165) is 19.4 Å². The van der Waals surface area contributed by atoms with Gasteiger partial charge in [0.1, 0.15) is 0 Å². The molecule has 0 spiro atoms. The summed E-state index contributed by atoms with van der Waals surface area (Å²) in [6.07, 6.45) is 2.18. The molecule has 1 saturated heterocycles. The van der Waals surface area contributed by atoms with Gasteiger partial charge < -0.3 is 14.7 Å². The number of ether oxygens (including phenoxy) is 1. The molecule has 0 aliphatic carbocycles. The van der Waals surface area contributed by atoms with Crippen LogP contribution in [0, 0.1) is 0 Å². The molecule has 76 valence electrons. The van der Waals surface area contributed by atoms with Crippen molar-refractivity contribution in [2.75, 3.05) is 19.8 Å². The molecule has 1 aliphatic rings. The smallest absolute Gasteiger partial charge is 0.410 e. The Labute approximate surface area is 78.5 Å². The van der Waals surface area contributed by atoms with E-state index in [-0.39, 0.29) is 18.7 Å². The molecule has 0 aromatic heterocycles. The molecule has 0 saturated carbocycles. The number of carbonyl (C=O) groups is 1. The van der Waals surface area contributed by atoms with E-state index in [4.69, 9.17) is 9.84 Å². The van der Waals surface area contributed by atoms with E-state index < -0.39 is 0 Å². The molecule has 1 N–H and O–H groups in total. The SMILES string of the molecule is CCC(CCO)N1CCCOC1=O. The maximum atomic E-state index is 11.3. The summed E-state index contributed by atoms with van der Waals surface area (Å²) in [6, 6.07) is 0.137. The van der Waals surface area contributed by atoms with Gasteiger partial charge in [-0.1, -0.05) is 6.92 Å². The Hall–Kier alpha value is -0.770. The number of aliphatic hydroxyl groups excluding tert-OH is 1. The summed E-state index contributed by atoms with van der Waals surface area (Å²) in [4.78, 5) is 13.0. The van der Waals surface area contributed by atoms with Crippen LogP contribution in [0.2, 0.25) is 0 Å². The molecule has 1 rings (SSSR count). The van der Waals surface area contributed by atoms with Crippen molar-refractivity contribution in [3.05, 3.63) is 0 Å². The minimum absolute atomic E-state index is 0.127. The first-order valence-electron chi connectivity index (χ1n) is 4.83. The van der Waals surface area contributed by atoms with Gasteiger partial charge in [-0.25, -0.2) is 4.79 Å². The van der Waals surface area contributed by atoms with Crippen LogP contribution in [0.4, 0.5) is 4.79 Å². The topological polar surface area (TPSA) is 49.8 Å². The molecule has 1 aliphatic heterocycles. The maximum Gasteiger partial charge on any atom is 0.410 e. The monoisotopic (exact) mass is 187 g/mol. The van der Waals surface area contributed by atoms with Crippen LogP contribution < -0.4 is 0 Å². The van der Waals surface area contributed by atoms with Crippen molar-refractivity contribution in [2.45, 2.75) is 32.2 Å². The summed E-state index contributed by atoms with van der Waals surface area (Å²) in [5, 5.41) is 8.81. The van der Waals surface area contributed by atoms with Crippen molar-refractivity contribution in [1.29, 1.82) is 0 Å². The fourth-order valence-electron chi connectivity index (χ4n) is 1.63. The predicted molar refractivity (Wildman–Crippen MR) is 48.5 cm³/mol. The summed E-state index contributed by atoms with van der Waals surface area (Å²) in [7, 11) is 0. The van der Waals surface area contributed by atoms with Crippen molar-refractivity contribution in [3.63, 3.8) is 0 Å². The lowest BCUT2D eigenvalue weighted by Gasteiger charge is -2.33. The molecule has 0 aromatic carbocycles. The largest absolute Gasteiger partial charge is 0.449 e. The standard InChI is InChI=1S/C9H17NO3/c1-2-8(4-6-11)10-5-3-7-13-9(10)12/h8,11H,2-7H2,1H3. The van der Waals surface area contributed by atoms with E-state index in [9.17, 15) is 4.79 Å². The van der Waals surface area contributed by atoms with E-state index in [0.29, 0.717) is 13.0 Å². The Morgan fingerprint density at radius 2 is 2.46 bits per heavy atom. The molecule has 4 nitrogen and oxygen atoms in total. The Bertz CT molecular complexity index is 172. The quantitative estimate of drug-likeness (QED) is 0.714. The molecule has 0 radical (unpaired) electrons. The molecule has 1 heterocycles. The number of hydrogen-bond acceptors (Lipinski definition) is 3. The van der Waals surface area contributed by atoms with Gasteiger partial charge in [0.05, 0.1) is 6.61 Å². The summed E-state index contributed by atoms with van der Waals surface area (Å²) in [6.45, 7) is 3.44. The third-order valence-electron chi connectivity index (χ3n) is 2.38. The molecule has 1 unspecified atom stereocenters. The third kappa shape index (κ3) is 2.59. The highest BCUT2D eigenvalue weighted by molar-refractivity contribution is 5.68. The van der Waals surface area contributed by atoms with Crippen LogP contribution in [0.1, 0.15) is 26.2 Å². The summed E-state index contributed by atoms with van der Waals surface area (Å²) >= 11 is 0. The van der Waals surface area contributed by atoms with Crippen LogP contribution in [-0.2, 0) is 4.74 Å². The molecule has 1 fully saturated rings. The van der Waals surface area contributed by atoms with E-state index in [2.05, 4.69) is 0 Å². The number of cyclic esters (lactones) is 1. The normalized spacial score (nSPS) is 19.8. The van der Waals surface area contributed by atoms with Crippen molar-refractivity contribution >= 4 is 6.09 Å². The van der Waals surface area contributed by atoms with Crippen LogP contribution in [-0.4, -0.2) is 41.9 Å². The number of carbonyl (C=O) groups excluding carboxylic acids is 1. The fraction of sp³-hybridized carbons (Fsp3) is 0.889. The van der Waals surface area contributed by atoms with Crippen molar-refractivity contribution in [1.82, 2.24) is 4.90 Å². The zero-order valence-corrected chi connectivity index (χ0v) is 8.03. The van der Waals surface area contributed by atoms with Gasteiger partial charge in [-0.15, -0.1) is 0 Å². The van der Waals surface area contributed by atoms with Gasteiger partial charge in [0.25, 0.3) is 0 Å². The highest BCUT2D eigenvalue weighted by atomic mass is 16.6. The molecular formula is C9H17NO3. The highest BCUT2D eigenvalue weighted by Gasteiger charge is 2.25. The lowest BCUT2D eigenvalue weighted by atomic mass is 10.1. The Kier molecular flexibility index (Phi) is 4.02. The zero-order chi connectivity index (χ0) is 9.68. The number of aliphatic hydroxyl groups is 1. The van der Waals surface area contributed by atoms with Gasteiger partial charge in [-0.05, 0) is 19.3 Å². The molecular weight excluding hydrogens is 170 g/mol. The second-order valence-corrected chi connectivity index (χ2v) is 3.24. The van der Waals surface area contributed by atoms with Gasteiger partial charge in [0.2, 0.25) is 0 Å². The van der Waals surface area contributed by atoms with Crippen LogP contribution >= 0.6 is 0 Å². The number of amides is 1. The summed E-state index contributed by atoms with van der Waals surface area (Å²) < 4.78 is 4.92. The summed E-state index contributed by atoms with van der Waals surface area (Å²) in [5.74, 6) is 0. The van der Waals surface area contributed by atoms with Crippen LogP contribution in [0.15, 0.2) is 0 Å². The van der Waals surface area contributed by atoms with Gasteiger partial charge in [-0.3, -0.25) is 0 Å². The van der Waals surface area contributed by atoms with E-state index in [1.165, 1.54) is 0 Å². The number of hydrogen-bond donors (Lipinski definition) is 1. The van der Waals surface area contributed by atoms with Gasteiger partial charge in [0, 0.05) is 19.2 Å². The average Bonchev–Trinajstić information content (AvgIpc) is 2.16. The van der Waals surface area contributed by atoms with Crippen LogP contribution in [0.3, 0.4) is 0 Å². The predicted octanol–water partition coefficient (Wildman–Crippen LogP) is 0.990. The van der Waals surface area contributed by atoms with Crippen molar-refractivity contribution in [3.8, 4) is 0 Å². The maximum absolute atomic E-state index is 11.3. The Morgan fingerprint density at radius 1 is 1.69 bits per heavy atom. The van der Waals surface area contributed by atoms with Crippen LogP contribution in [0.5, 0.6) is 0 Å². The Morgan fingerprint density at radius 3 is 3.00 bits per heavy atom. The number of nitrogens with zero attached hydrogens (tertiary/aromatic N) is 1. The Balaban J connectivity index is 2.49. The van der Waals surface area contributed by atoms with Gasteiger partial charge >= 0.3 is 6.09 Å². The lowest BCUT2D eigenvalue weighted by molar-refractivity contribution is 0.0486. The molecule has 0 bridgehead atoms. The van der Waals surface area contributed by atoms with Gasteiger partial charge in [-0.2, -0.15) is 0 Å². The minimum atomic E-state index is -0.230. The molecule has 0 aromatic rings. The number of rotatable bonds is 4. The average molecular weight is 187 g/mol. The fourth-order valence-corrected chi connectivity index (χ4v) is 1.63. The van der Waals surface area contributed by atoms with Crippen molar-refractivity contribution in [2.24, 2.45) is 0 Å². The van der Waals surface area contributed by atoms with Gasteiger partial charge in [0.15, 0.2) is 0 Å². The highest BCUT2D eigenvalue weighted by Crippen LogP contribution is 2.14. The van der Waals surface area contributed by atoms with E-state index >= 15 is 0 Å². The first-order chi connectivity index (χ1) is 6.29. The summed E-state index contributed by atoms with van der Waals surface area (Å²) in [5.41, 5.74) is 0. The third-order valence-corrected chi connectivity index (χ3v) is 2.38. The second kappa shape index (κ2) is 5.07. The molecule has 1 amide bonds. The molecule has 1 atom stereocenters. The minimum Gasteiger partial charge on any atom is -0.449 e. The van der Waals surface area contributed by atoms with Crippen LogP contribution in [0.25, 0.3) is 0 Å². The lowest BCUT2D eigenvalue weighted by Crippen LogP contribution is -2.44. The van der Waals surface area contributed by atoms with E-state index in [1.807, 2.05) is 6.92 Å². The van der Waals surface area contributed by atoms with E-state index in [1.54, 1.807) is 4.90 Å². The zero-order valence-electron chi connectivity index (χ0n) is 8.03. The molecule has 4 heteroatoms.